The van der Waals surface area contributed by atoms with Crippen molar-refractivity contribution in [3.63, 3.8) is 0 Å². The Morgan fingerprint density at radius 1 is 1.67 bits per heavy atom. The van der Waals surface area contributed by atoms with Crippen LogP contribution in [0.2, 0.25) is 0 Å². The minimum Gasteiger partial charge on any atom is -0.388 e. The van der Waals surface area contributed by atoms with Gasteiger partial charge in [-0.25, -0.2) is 0 Å². The van der Waals surface area contributed by atoms with Crippen molar-refractivity contribution in [2.24, 2.45) is 0 Å². The summed E-state index contributed by atoms with van der Waals surface area (Å²) in [5, 5.41) is 9.53. The van der Waals surface area contributed by atoms with E-state index in [-0.39, 0.29) is 6.10 Å². The van der Waals surface area contributed by atoms with Gasteiger partial charge < -0.3 is 10.1 Å². The molecule has 1 atom stereocenters. The zero-order chi connectivity index (χ0) is 8.55. The van der Waals surface area contributed by atoms with E-state index in [2.05, 4.69) is 4.98 Å². The molecular weight excluding hydrogens is 154 g/mol. The Labute approximate surface area is 70.4 Å². The maximum atomic E-state index is 10.4. The molecule has 3 heteroatoms. The Kier molecular flexibility index (Phi) is 1.73. The van der Waals surface area contributed by atoms with Crippen LogP contribution in [0, 0.1) is 0 Å². The number of hydrogen-bond acceptors (Lipinski definition) is 2. The minimum absolute atomic E-state index is 0.376. The van der Waals surface area contributed by atoms with Crippen LogP contribution < -0.4 is 0 Å². The second-order valence-electron chi connectivity index (χ2n) is 3.18. The molecule has 0 aliphatic heterocycles. The summed E-state index contributed by atoms with van der Waals surface area (Å²) in [6.07, 6.45) is 3.15. The van der Waals surface area contributed by atoms with E-state index < -0.39 is 0 Å². The molecular formula is C9H11NO2. The van der Waals surface area contributed by atoms with Gasteiger partial charge in [0, 0.05) is 11.3 Å². The number of aromatic nitrogens is 1. The summed E-state index contributed by atoms with van der Waals surface area (Å²) in [7, 11) is 0. The van der Waals surface area contributed by atoms with E-state index in [4.69, 9.17) is 0 Å². The maximum absolute atomic E-state index is 10.4. The largest absolute Gasteiger partial charge is 0.388 e. The molecule has 0 fully saturated rings. The van der Waals surface area contributed by atoms with E-state index in [1.54, 1.807) is 6.07 Å². The third kappa shape index (κ3) is 1.06. The molecule has 0 saturated carbocycles. The van der Waals surface area contributed by atoms with Gasteiger partial charge >= 0.3 is 0 Å². The quantitative estimate of drug-likeness (QED) is 0.614. The lowest BCUT2D eigenvalue weighted by atomic mass is 9.95. The summed E-state index contributed by atoms with van der Waals surface area (Å²) < 4.78 is 0. The van der Waals surface area contributed by atoms with Crippen molar-refractivity contribution in [3.8, 4) is 0 Å². The number of fused-ring (bicyclic) bond motifs is 1. The zero-order valence-corrected chi connectivity index (χ0v) is 6.71. The molecule has 0 bridgehead atoms. The van der Waals surface area contributed by atoms with E-state index in [1.807, 2.05) is 0 Å². The van der Waals surface area contributed by atoms with Crippen LogP contribution in [-0.2, 0) is 6.42 Å². The number of aliphatic hydroxyl groups excluding tert-OH is 1. The van der Waals surface area contributed by atoms with Gasteiger partial charge in [0.1, 0.15) is 0 Å². The average molecular weight is 165 g/mol. The zero-order valence-electron chi connectivity index (χ0n) is 6.71. The third-order valence-corrected chi connectivity index (χ3v) is 2.34. The van der Waals surface area contributed by atoms with Crippen LogP contribution in [0.4, 0.5) is 0 Å². The standard InChI is InChI=1S/C9H11NO2/c11-5-6-4-7-8(10-6)2-1-3-9(7)12/h4-5,9-10,12H,1-3H2. The molecule has 0 radical (unpaired) electrons. The topological polar surface area (TPSA) is 53.1 Å². The molecule has 1 unspecified atom stereocenters. The van der Waals surface area contributed by atoms with E-state index in [0.717, 1.165) is 36.8 Å². The minimum atomic E-state index is -0.376. The highest BCUT2D eigenvalue weighted by atomic mass is 16.3. The first-order valence-corrected chi connectivity index (χ1v) is 4.16. The molecule has 64 valence electrons. The number of aliphatic hydroxyl groups is 1. The molecule has 0 spiro atoms. The SMILES string of the molecule is O=Cc1cc2c([nH]1)CCCC2O. The monoisotopic (exact) mass is 165 g/mol. The second-order valence-corrected chi connectivity index (χ2v) is 3.18. The fourth-order valence-corrected chi connectivity index (χ4v) is 1.73. The van der Waals surface area contributed by atoms with E-state index >= 15 is 0 Å². The van der Waals surface area contributed by atoms with Gasteiger partial charge in [0.15, 0.2) is 6.29 Å². The molecule has 1 heterocycles. The summed E-state index contributed by atoms with van der Waals surface area (Å²) in [6.45, 7) is 0. The number of aromatic amines is 1. The molecule has 0 saturated heterocycles. The van der Waals surface area contributed by atoms with Gasteiger partial charge in [0.2, 0.25) is 0 Å². The number of nitrogens with one attached hydrogen (secondary N) is 1. The Morgan fingerprint density at radius 2 is 2.50 bits per heavy atom. The molecule has 0 amide bonds. The highest BCUT2D eigenvalue weighted by Gasteiger charge is 2.19. The lowest BCUT2D eigenvalue weighted by Crippen LogP contribution is -2.06. The molecule has 1 aromatic rings. The first-order chi connectivity index (χ1) is 5.81. The van der Waals surface area contributed by atoms with Crippen molar-refractivity contribution < 1.29 is 9.90 Å². The highest BCUT2D eigenvalue weighted by Crippen LogP contribution is 2.29. The molecule has 1 aromatic heterocycles. The van der Waals surface area contributed by atoms with Crippen molar-refractivity contribution in [2.75, 3.05) is 0 Å². The molecule has 1 aliphatic rings. The summed E-state index contributed by atoms with van der Waals surface area (Å²) in [4.78, 5) is 13.4. The van der Waals surface area contributed by atoms with Crippen LogP contribution in [0.3, 0.4) is 0 Å². The smallest absolute Gasteiger partial charge is 0.166 e. The van der Waals surface area contributed by atoms with Crippen LogP contribution in [-0.4, -0.2) is 16.4 Å². The van der Waals surface area contributed by atoms with Gasteiger partial charge in [-0.05, 0) is 25.3 Å². The van der Waals surface area contributed by atoms with E-state index in [1.165, 1.54) is 0 Å². The maximum Gasteiger partial charge on any atom is 0.166 e. The molecule has 2 rings (SSSR count). The van der Waals surface area contributed by atoms with Gasteiger partial charge in [-0.1, -0.05) is 0 Å². The van der Waals surface area contributed by atoms with Crippen molar-refractivity contribution >= 4 is 6.29 Å². The van der Waals surface area contributed by atoms with Crippen LogP contribution in [0.1, 0.15) is 40.7 Å². The van der Waals surface area contributed by atoms with Crippen LogP contribution in [0.15, 0.2) is 6.07 Å². The number of carbonyl (C=O) groups is 1. The van der Waals surface area contributed by atoms with E-state index in [0.29, 0.717) is 5.69 Å². The number of aldehydes is 1. The Hall–Kier alpha value is -1.09. The van der Waals surface area contributed by atoms with Gasteiger partial charge in [0.05, 0.1) is 11.8 Å². The van der Waals surface area contributed by atoms with Crippen molar-refractivity contribution in [2.45, 2.75) is 25.4 Å². The Balaban J connectivity index is 2.43. The number of aryl methyl sites for hydroxylation is 1. The first-order valence-electron chi connectivity index (χ1n) is 4.16. The summed E-state index contributed by atoms with van der Waals surface area (Å²) in [5.41, 5.74) is 2.50. The molecule has 1 aliphatic carbocycles. The van der Waals surface area contributed by atoms with Crippen LogP contribution >= 0.6 is 0 Å². The average Bonchev–Trinajstić information content (AvgIpc) is 2.49. The van der Waals surface area contributed by atoms with Gasteiger partial charge in [-0.3, -0.25) is 4.79 Å². The fourth-order valence-electron chi connectivity index (χ4n) is 1.73. The van der Waals surface area contributed by atoms with Crippen molar-refractivity contribution in [1.82, 2.24) is 4.98 Å². The summed E-state index contributed by atoms with van der Waals surface area (Å²) in [6, 6.07) is 1.74. The molecule has 12 heavy (non-hydrogen) atoms. The van der Waals surface area contributed by atoms with Crippen LogP contribution in [0.5, 0.6) is 0 Å². The Bertz CT molecular complexity index is 303. The lowest BCUT2D eigenvalue weighted by Gasteiger charge is -2.16. The Morgan fingerprint density at radius 3 is 3.17 bits per heavy atom. The predicted octanol–water partition coefficient (Wildman–Crippen LogP) is 1.20. The number of H-pyrrole nitrogens is 1. The first kappa shape index (κ1) is 7.55. The second kappa shape index (κ2) is 2.75. The normalized spacial score (nSPS) is 21.9. The fraction of sp³-hybridized carbons (Fsp3) is 0.444. The predicted molar refractivity (Wildman–Crippen MR) is 44.1 cm³/mol. The van der Waals surface area contributed by atoms with Crippen LogP contribution in [0.25, 0.3) is 0 Å². The molecule has 0 aromatic carbocycles. The number of hydrogen-bond donors (Lipinski definition) is 2. The molecule has 3 nitrogen and oxygen atoms in total. The van der Waals surface area contributed by atoms with Gasteiger partial charge in [0.25, 0.3) is 0 Å². The summed E-state index contributed by atoms with van der Waals surface area (Å²) >= 11 is 0. The number of carbonyl (C=O) groups excluding carboxylic acids is 1. The van der Waals surface area contributed by atoms with Gasteiger partial charge in [-0.2, -0.15) is 0 Å². The lowest BCUT2D eigenvalue weighted by molar-refractivity contribution is 0.111. The molecule has 2 N–H and O–H groups in total. The number of rotatable bonds is 1. The van der Waals surface area contributed by atoms with Crippen molar-refractivity contribution in [3.05, 3.63) is 23.0 Å². The van der Waals surface area contributed by atoms with Gasteiger partial charge in [-0.15, -0.1) is 0 Å². The highest BCUT2D eigenvalue weighted by molar-refractivity contribution is 5.73. The third-order valence-electron chi connectivity index (χ3n) is 2.34. The summed E-state index contributed by atoms with van der Waals surface area (Å²) in [5.74, 6) is 0. The van der Waals surface area contributed by atoms with E-state index in [9.17, 15) is 9.90 Å². The van der Waals surface area contributed by atoms with Crippen molar-refractivity contribution in [1.29, 1.82) is 0 Å².